The van der Waals surface area contributed by atoms with E-state index in [1.807, 2.05) is 11.8 Å². The first-order valence-corrected chi connectivity index (χ1v) is 8.47. The van der Waals surface area contributed by atoms with E-state index in [1.165, 1.54) is 12.1 Å². The summed E-state index contributed by atoms with van der Waals surface area (Å²) in [6.07, 6.45) is 4.22. The number of benzene rings is 1. The van der Waals surface area contributed by atoms with E-state index < -0.39 is 11.6 Å². The van der Waals surface area contributed by atoms with Gasteiger partial charge in [0.15, 0.2) is 11.6 Å². The fourth-order valence-corrected chi connectivity index (χ4v) is 4.26. The van der Waals surface area contributed by atoms with Gasteiger partial charge in [-0.25, -0.2) is 8.78 Å². The van der Waals surface area contributed by atoms with Gasteiger partial charge in [0, 0.05) is 31.6 Å². The maximum absolute atomic E-state index is 13.5. The summed E-state index contributed by atoms with van der Waals surface area (Å²) in [5.74, 6) is -1.46. The molecule has 0 aliphatic carbocycles. The molecule has 0 radical (unpaired) electrons. The average Bonchev–Trinajstić information content (AvgIpc) is 3.16. The van der Waals surface area contributed by atoms with Crippen molar-refractivity contribution in [1.82, 2.24) is 9.80 Å². The van der Waals surface area contributed by atoms with Gasteiger partial charge in [0.05, 0.1) is 0 Å². The molecule has 126 valence electrons. The summed E-state index contributed by atoms with van der Waals surface area (Å²) in [6.45, 7) is 5.45. The second-order valence-electron chi connectivity index (χ2n) is 6.72. The van der Waals surface area contributed by atoms with Crippen LogP contribution in [0.15, 0.2) is 18.2 Å². The Morgan fingerprint density at radius 3 is 2.52 bits per heavy atom. The largest absolute Gasteiger partial charge is 0.338 e. The van der Waals surface area contributed by atoms with E-state index in [1.54, 1.807) is 13.0 Å². The lowest BCUT2D eigenvalue weighted by Crippen LogP contribution is -2.48. The summed E-state index contributed by atoms with van der Waals surface area (Å²) in [7, 11) is 0. The molecule has 0 bridgehead atoms. The van der Waals surface area contributed by atoms with Gasteiger partial charge >= 0.3 is 0 Å². The van der Waals surface area contributed by atoms with Crippen molar-refractivity contribution in [3.63, 3.8) is 0 Å². The highest BCUT2D eigenvalue weighted by molar-refractivity contribution is 5.74. The van der Waals surface area contributed by atoms with E-state index in [2.05, 4.69) is 4.90 Å². The maximum Gasteiger partial charge on any atom is 0.219 e. The molecule has 2 aliphatic heterocycles. The Balaban J connectivity index is 1.80. The van der Waals surface area contributed by atoms with Crippen LogP contribution in [0.2, 0.25) is 0 Å². The molecule has 1 amide bonds. The van der Waals surface area contributed by atoms with E-state index in [-0.39, 0.29) is 18.0 Å². The van der Waals surface area contributed by atoms with Gasteiger partial charge in [0.2, 0.25) is 5.91 Å². The minimum atomic E-state index is -0.808. The molecular formula is C18H24F2N2O. The Labute approximate surface area is 136 Å². The van der Waals surface area contributed by atoms with Gasteiger partial charge in [-0.1, -0.05) is 6.07 Å². The minimum Gasteiger partial charge on any atom is -0.338 e. The molecule has 2 saturated heterocycles. The lowest BCUT2D eigenvalue weighted by Gasteiger charge is -2.38. The van der Waals surface area contributed by atoms with Gasteiger partial charge in [0.1, 0.15) is 0 Å². The molecule has 1 aromatic carbocycles. The van der Waals surface area contributed by atoms with Crippen molar-refractivity contribution in [2.24, 2.45) is 0 Å². The molecule has 0 unspecified atom stereocenters. The van der Waals surface area contributed by atoms with Crippen LogP contribution in [-0.2, 0) is 4.79 Å². The van der Waals surface area contributed by atoms with Crippen LogP contribution in [0.5, 0.6) is 0 Å². The topological polar surface area (TPSA) is 23.6 Å². The molecule has 0 aromatic heterocycles. The van der Waals surface area contributed by atoms with Crippen LogP contribution >= 0.6 is 0 Å². The third kappa shape index (κ3) is 3.11. The van der Waals surface area contributed by atoms with E-state index in [9.17, 15) is 13.6 Å². The summed E-state index contributed by atoms with van der Waals surface area (Å²) >= 11 is 0. The van der Waals surface area contributed by atoms with Crippen LogP contribution in [0.1, 0.15) is 51.1 Å². The number of hydrogen-bond acceptors (Lipinski definition) is 2. The first-order valence-electron chi connectivity index (χ1n) is 8.47. The summed E-state index contributed by atoms with van der Waals surface area (Å²) in [4.78, 5) is 16.2. The Morgan fingerprint density at radius 1 is 1.13 bits per heavy atom. The molecule has 0 N–H and O–H groups in total. The lowest BCUT2D eigenvalue weighted by molar-refractivity contribution is -0.130. The van der Waals surface area contributed by atoms with E-state index in [0.717, 1.165) is 44.3 Å². The summed E-state index contributed by atoms with van der Waals surface area (Å²) in [5.41, 5.74) is 0.795. The number of carbonyl (C=O) groups is 1. The summed E-state index contributed by atoms with van der Waals surface area (Å²) in [5, 5.41) is 0. The number of nitrogens with zero attached hydrogens (tertiary/aromatic N) is 2. The molecule has 0 saturated carbocycles. The van der Waals surface area contributed by atoms with Crippen LogP contribution in [-0.4, -0.2) is 40.9 Å². The normalized spacial score (nSPS) is 26.7. The van der Waals surface area contributed by atoms with Crippen LogP contribution in [0.25, 0.3) is 0 Å². The van der Waals surface area contributed by atoms with Gasteiger partial charge in [-0.2, -0.15) is 0 Å². The maximum atomic E-state index is 13.5. The van der Waals surface area contributed by atoms with Gasteiger partial charge in [-0.3, -0.25) is 9.69 Å². The van der Waals surface area contributed by atoms with Gasteiger partial charge in [-0.15, -0.1) is 0 Å². The van der Waals surface area contributed by atoms with Crippen molar-refractivity contribution < 1.29 is 13.6 Å². The van der Waals surface area contributed by atoms with Crippen LogP contribution in [0.3, 0.4) is 0 Å². The highest BCUT2D eigenvalue weighted by Gasteiger charge is 2.40. The number of halogens is 2. The third-order valence-electron chi connectivity index (χ3n) is 5.41. The first kappa shape index (κ1) is 16.4. The molecule has 23 heavy (non-hydrogen) atoms. The van der Waals surface area contributed by atoms with Crippen LogP contribution < -0.4 is 0 Å². The van der Waals surface area contributed by atoms with Crippen molar-refractivity contribution in [3.05, 3.63) is 35.4 Å². The zero-order chi connectivity index (χ0) is 16.6. The summed E-state index contributed by atoms with van der Waals surface area (Å²) in [6, 6.07) is 4.74. The molecule has 2 fully saturated rings. The fraction of sp³-hybridized carbons (Fsp3) is 0.611. The van der Waals surface area contributed by atoms with Crippen molar-refractivity contribution in [1.29, 1.82) is 0 Å². The second-order valence-corrected chi connectivity index (χ2v) is 6.72. The standard InChI is InChI=1S/C18H24F2N2O/c1-12(14-7-8-15(19)16(20)11-14)21-9-3-5-17(21)18-6-4-10-22(18)13(2)23/h7-8,11-12,17-18H,3-6,9-10H2,1-2H3/t12-,17+,18-/m1/s1. The van der Waals surface area contributed by atoms with Crippen molar-refractivity contribution >= 4 is 5.91 Å². The number of likely N-dealkylation sites (tertiary alicyclic amines) is 2. The molecule has 3 rings (SSSR count). The van der Waals surface area contributed by atoms with E-state index in [0.29, 0.717) is 6.04 Å². The minimum absolute atomic E-state index is 0.0204. The average molecular weight is 322 g/mol. The SMILES string of the molecule is CC(=O)N1CCC[C@@H]1[C@@H]1CCCN1[C@H](C)c1ccc(F)c(F)c1. The number of rotatable bonds is 3. The predicted molar refractivity (Wildman–Crippen MR) is 84.9 cm³/mol. The van der Waals surface area contributed by atoms with Crippen molar-refractivity contribution in [2.75, 3.05) is 13.1 Å². The lowest BCUT2D eigenvalue weighted by atomic mass is 9.99. The molecular weight excluding hydrogens is 298 g/mol. The van der Waals surface area contributed by atoms with Crippen LogP contribution in [0.4, 0.5) is 8.78 Å². The van der Waals surface area contributed by atoms with Crippen LogP contribution in [0, 0.1) is 11.6 Å². The fourth-order valence-electron chi connectivity index (χ4n) is 4.26. The first-order chi connectivity index (χ1) is 11.0. The Morgan fingerprint density at radius 2 is 1.83 bits per heavy atom. The Kier molecular flexibility index (Phi) is 4.67. The zero-order valence-corrected chi connectivity index (χ0v) is 13.8. The molecule has 3 atom stereocenters. The van der Waals surface area contributed by atoms with Gasteiger partial charge in [-0.05, 0) is 56.8 Å². The molecule has 0 spiro atoms. The van der Waals surface area contributed by atoms with Crippen molar-refractivity contribution in [3.8, 4) is 0 Å². The highest BCUT2D eigenvalue weighted by atomic mass is 19.2. The second kappa shape index (κ2) is 6.56. The van der Waals surface area contributed by atoms with Crippen molar-refractivity contribution in [2.45, 2.75) is 57.7 Å². The smallest absolute Gasteiger partial charge is 0.219 e. The predicted octanol–water partition coefficient (Wildman–Crippen LogP) is 3.50. The van der Waals surface area contributed by atoms with Gasteiger partial charge < -0.3 is 4.90 Å². The Bertz CT molecular complexity index is 592. The Hall–Kier alpha value is -1.49. The van der Waals surface area contributed by atoms with E-state index in [4.69, 9.17) is 0 Å². The van der Waals surface area contributed by atoms with Gasteiger partial charge in [0.25, 0.3) is 0 Å². The quantitative estimate of drug-likeness (QED) is 0.850. The van der Waals surface area contributed by atoms with E-state index >= 15 is 0 Å². The molecule has 5 heteroatoms. The number of carbonyl (C=O) groups excluding carboxylic acids is 1. The molecule has 3 nitrogen and oxygen atoms in total. The third-order valence-corrected chi connectivity index (χ3v) is 5.41. The zero-order valence-electron chi connectivity index (χ0n) is 13.8. The number of hydrogen-bond donors (Lipinski definition) is 0. The molecule has 2 heterocycles. The molecule has 1 aromatic rings. The number of amides is 1. The highest BCUT2D eigenvalue weighted by Crippen LogP contribution is 2.35. The molecule has 2 aliphatic rings. The monoisotopic (exact) mass is 322 g/mol. The summed E-state index contributed by atoms with van der Waals surface area (Å²) < 4.78 is 26.7.